The monoisotopic (exact) mass is 1280 g/mol. The Morgan fingerprint density at radius 3 is 0.678 bits per heavy atom. The van der Waals surface area contributed by atoms with Crippen LogP contribution in [0.15, 0.2) is 0 Å². The van der Waals surface area contributed by atoms with Crippen LogP contribution < -0.4 is 0 Å². The van der Waals surface area contributed by atoms with Crippen molar-refractivity contribution in [3.8, 4) is 0 Å². The first-order chi connectivity index (χ1) is 42.2. The molecule has 3 N–H and O–H groups in total. The van der Waals surface area contributed by atoms with Gasteiger partial charge in [0.25, 0.3) is 0 Å². The van der Waals surface area contributed by atoms with Gasteiger partial charge in [-0.3, -0.25) is 37.3 Å². The maximum absolute atomic E-state index is 13.0. The fraction of sp³-hybridized carbons (Fsp3) is 0.941. The van der Waals surface area contributed by atoms with Gasteiger partial charge < -0.3 is 33.8 Å². The van der Waals surface area contributed by atoms with Gasteiger partial charge in [-0.1, -0.05) is 304 Å². The van der Waals surface area contributed by atoms with Gasteiger partial charge in [0.2, 0.25) is 0 Å². The lowest BCUT2D eigenvalue weighted by molar-refractivity contribution is -0.161. The Balaban J connectivity index is 5.10. The molecular weight excluding hydrogens is 1150 g/mol. The fourth-order valence-electron chi connectivity index (χ4n) is 10.3. The Bertz CT molecular complexity index is 1670. The summed E-state index contributed by atoms with van der Waals surface area (Å²) in [5, 5.41) is 10.5. The molecule has 0 bridgehead atoms. The van der Waals surface area contributed by atoms with Gasteiger partial charge in [0.15, 0.2) is 12.2 Å². The molecule has 0 rings (SSSR count). The molecule has 0 aliphatic heterocycles. The van der Waals surface area contributed by atoms with Crippen LogP contribution in [0.1, 0.15) is 355 Å². The van der Waals surface area contributed by atoms with E-state index in [2.05, 4.69) is 27.7 Å². The molecule has 5 atom stereocenters. The highest BCUT2D eigenvalue weighted by molar-refractivity contribution is 7.47. The lowest BCUT2D eigenvalue weighted by Gasteiger charge is -2.21. The smallest absolute Gasteiger partial charge is 0.462 e. The number of rotatable bonds is 69. The first kappa shape index (κ1) is 85.1. The van der Waals surface area contributed by atoms with Gasteiger partial charge in [-0.25, -0.2) is 9.13 Å². The van der Waals surface area contributed by atoms with Crippen molar-refractivity contribution in [3.63, 3.8) is 0 Å². The lowest BCUT2D eigenvalue weighted by atomic mass is 10.0. The number of hydrogen-bond donors (Lipinski definition) is 3. The van der Waals surface area contributed by atoms with Crippen molar-refractivity contribution in [2.75, 3.05) is 39.6 Å². The summed E-state index contributed by atoms with van der Waals surface area (Å²) in [4.78, 5) is 72.0. The van der Waals surface area contributed by atoms with Crippen LogP contribution in [-0.2, 0) is 65.4 Å². The number of phosphoric ester groups is 2. The fourth-order valence-corrected chi connectivity index (χ4v) is 11.9. The molecule has 0 aliphatic carbocycles. The van der Waals surface area contributed by atoms with Gasteiger partial charge in [0.1, 0.15) is 19.3 Å². The summed E-state index contributed by atoms with van der Waals surface area (Å²) < 4.78 is 67.8. The number of aliphatic hydroxyl groups excluding tert-OH is 1. The predicted octanol–water partition coefficient (Wildman–Crippen LogP) is 19.5. The van der Waals surface area contributed by atoms with Crippen molar-refractivity contribution in [2.45, 2.75) is 373 Å². The molecule has 0 saturated carbocycles. The first-order valence-electron chi connectivity index (χ1n) is 35.8. The number of carbonyl (C=O) groups excluding carboxylic acids is 4. The zero-order valence-electron chi connectivity index (χ0n) is 56.0. The number of aliphatic hydroxyl groups is 1. The number of hydrogen-bond acceptors (Lipinski definition) is 15. The Morgan fingerprint density at radius 1 is 0.276 bits per heavy atom. The van der Waals surface area contributed by atoms with Crippen LogP contribution in [0.5, 0.6) is 0 Å². The van der Waals surface area contributed by atoms with Crippen molar-refractivity contribution < 1.29 is 80.2 Å². The minimum absolute atomic E-state index is 0.103. The summed E-state index contributed by atoms with van der Waals surface area (Å²) in [6.45, 7) is 4.80. The van der Waals surface area contributed by atoms with Gasteiger partial charge in [0, 0.05) is 25.7 Å². The molecule has 0 spiro atoms. The Hall–Kier alpha value is -1.94. The van der Waals surface area contributed by atoms with E-state index in [-0.39, 0.29) is 25.7 Å². The number of ether oxygens (including phenoxy) is 4. The van der Waals surface area contributed by atoms with Gasteiger partial charge in [0.05, 0.1) is 26.4 Å². The molecule has 0 aromatic carbocycles. The molecule has 0 saturated heterocycles. The third-order valence-corrected chi connectivity index (χ3v) is 17.8. The summed E-state index contributed by atoms with van der Waals surface area (Å²) in [6, 6.07) is 0. The second-order valence-electron chi connectivity index (χ2n) is 24.6. The van der Waals surface area contributed by atoms with Crippen LogP contribution in [0.4, 0.5) is 0 Å². The van der Waals surface area contributed by atoms with Gasteiger partial charge in [-0.15, -0.1) is 0 Å². The average Bonchev–Trinajstić information content (AvgIpc) is 3.52. The van der Waals surface area contributed by atoms with Crippen LogP contribution in [-0.4, -0.2) is 96.7 Å². The third-order valence-electron chi connectivity index (χ3n) is 15.9. The van der Waals surface area contributed by atoms with Crippen LogP contribution in [0.25, 0.3) is 0 Å². The molecule has 0 aromatic rings. The van der Waals surface area contributed by atoms with E-state index < -0.39 is 97.5 Å². The highest BCUT2D eigenvalue weighted by Crippen LogP contribution is 2.45. The number of phosphoric acid groups is 2. The molecule has 19 heteroatoms. The molecule has 0 radical (unpaired) electrons. The van der Waals surface area contributed by atoms with E-state index in [1.165, 1.54) is 167 Å². The van der Waals surface area contributed by atoms with E-state index in [9.17, 15) is 43.2 Å². The average molecular weight is 1280 g/mol. The first-order valence-corrected chi connectivity index (χ1v) is 38.8. The standard InChI is InChI=1S/C68H132O17P2/c1-5-9-13-17-20-22-24-26-28-30-31-32-34-36-38-40-43-47-51-55-68(73)85-64(59-79-66(71)53-49-45-42-39-37-35-33-29-27-25-23-21-18-14-10-6-2)61-83-87(76,77)81-57-62(69)56-80-86(74,75)82-60-63(58-78-65(70)52-48-44-16-12-8-4)84-67(72)54-50-46-41-19-15-11-7-3/h62-64,69H,5-61H2,1-4H3,(H,74,75)(H,76,77)/t62-,63+,64+/m0/s1. The molecule has 516 valence electrons. The highest BCUT2D eigenvalue weighted by Gasteiger charge is 2.30. The minimum Gasteiger partial charge on any atom is -0.462 e. The molecule has 87 heavy (non-hydrogen) atoms. The normalized spacial score (nSPS) is 14.1. The zero-order chi connectivity index (χ0) is 64.0. The number of esters is 4. The van der Waals surface area contributed by atoms with Gasteiger partial charge >= 0.3 is 39.5 Å². The Morgan fingerprint density at radius 2 is 0.460 bits per heavy atom. The van der Waals surface area contributed by atoms with Gasteiger partial charge in [-0.2, -0.15) is 0 Å². The molecular formula is C68H132O17P2. The van der Waals surface area contributed by atoms with Crippen molar-refractivity contribution in [1.29, 1.82) is 0 Å². The minimum atomic E-state index is -4.95. The van der Waals surface area contributed by atoms with Crippen LogP contribution in [0, 0.1) is 0 Å². The van der Waals surface area contributed by atoms with E-state index in [4.69, 9.17) is 37.0 Å². The zero-order valence-corrected chi connectivity index (χ0v) is 57.8. The van der Waals surface area contributed by atoms with Crippen LogP contribution in [0.2, 0.25) is 0 Å². The summed E-state index contributed by atoms with van der Waals surface area (Å²) in [5.41, 5.74) is 0. The second-order valence-corrected chi connectivity index (χ2v) is 27.5. The third kappa shape index (κ3) is 62.6. The van der Waals surface area contributed by atoms with E-state index in [1.54, 1.807) is 0 Å². The summed E-state index contributed by atoms with van der Waals surface area (Å²) >= 11 is 0. The van der Waals surface area contributed by atoms with Crippen LogP contribution in [0.3, 0.4) is 0 Å². The summed E-state index contributed by atoms with van der Waals surface area (Å²) in [6.07, 6.45) is 50.6. The van der Waals surface area contributed by atoms with Crippen molar-refractivity contribution in [3.05, 3.63) is 0 Å². The lowest BCUT2D eigenvalue weighted by Crippen LogP contribution is -2.30. The molecule has 0 amide bonds. The van der Waals surface area contributed by atoms with Crippen molar-refractivity contribution in [1.82, 2.24) is 0 Å². The van der Waals surface area contributed by atoms with Crippen molar-refractivity contribution >= 4 is 39.5 Å². The SMILES string of the molecule is CCCCCCCCCCCCCCCCCCCCCC(=O)O[C@H](COC(=O)CCCCCCCCCCCCCCCCCC)COP(=O)(O)OC[C@@H](O)COP(=O)(O)OC[C@@H](COC(=O)CCCCCCC)OC(=O)CCCCCCCCC. The van der Waals surface area contributed by atoms with E-state index >= 15 is 0 Å². The summed E-state index contributed by atoms with van der Waals surface area (Å²) in [5.74, 6) is -2.14. The highest BCUT2D eigenvalue weighted by atomic mass is 31.2. The Kier molecular flexibility index (Phi) is 61.4. The molecule has 0 heterocycles. The maximum atomic E-state index is 13.0. The van der Waals surface area contributed by atoms with Crippen LogP contribution >= 0.6 is 15.6 Å². The molecule has 2 unspecified atom stereocenters. The van der Waals surface area contributed by atoms with Crippen molar-refractivity contribution in [2.24, 2.45) is 0 Å². The molecule has 0 fully saturated rings. The number of carbonyl (C=O) groups is 4. The quantitative estimate of drug-likeness (QED) is 0.0222. The van der Waals surface area contributed by atoms with Gasteiger partial charge in [-0.05, 0) is 25.7 Å². The molecule has 17 nitrogen and oxygen atoms in total. The van der Waals surface area contributed by atoms with E-state index in [0.717, 1.165) is 109 Å². The predicted molar refractivity (Wildman–Crippen MR) is 349 cm³/mol. The Labute approximate surface area is 530 Å². The molecule has 0 aliphatic rings. The second kappa shape index (κ2) is 62.8. The largest absolute Gasteiger partial charge is 0.472 e. The summed E-state index contributed by atoms with van der Waals surface area (Å²) in [7, 11) is -9.88. The topological polar surface area (TPSA) is 237 Å². The maximum Gasteiger partial charge on any atom is 0.472 e. The van der Waals surface area contributed by atoms with E-state index in [1.807, 2.05) is 0 Å². The van der Waals surface area contributed by atoms with E-state index in [0.29, 0.717) is 25.7 Å². The number of unbranched alkanes of at least 4 members (excludes halogenated alkanes) is 43. The molecule has 0 aromatic heterocycles.